The van der Waals surface area contributed by atoms with Gasteiger partial charge in [-0.25, -0.2) is 0 Å². The molecule has 2 unspecified atom stereocenters. The molecule has 112 valence electrons. The van der Waals surface area contributed by atoms with Gasteiger partial charge in [0.15, 0.2) is 5.69 Å². The number of aromatic nitrogens is 2. The van der Waals surface area contributed by atoms with Crippen molar-refractivity contribution >= 4 is 16.8 Å². The number of nitrogens with one attached hydrogen (secondary N) is 1. The van der Waals surface area contributed by atoms with Crippen LogP contribution in [-0.4, -0.2) is 28.3 Å². The van der Waals surface area contributed by atoms with Crippen LogP contribution in [0.25, 0.3) is 10.9 Å². The van der Waals surface area contributed by atoms with E-state index < -0.39 is 0 Å². The van der Waals surface area contributed by atoms with Gasteiger partial charge in [-0.3, -0.25) is 9.48 Å². The lowest BCUT2D eigenvalue weighted by Gasteiger charge is -2.26. The third kappa shape index (κ3) is 2.93. The van der Waals surface area contributed by atoms with Gasteiger partial charge in [-0.2, -0.15) is 5.10 Å². The minimum atomic E-state index is -0.0917. The molecule has 1 aliphatic carbocycles. The zero-order chi connectivity index (χ0) is 14.8. The quantitative estimate of drug-likeness (QED) is 0.904. The number of amides is 1. The molecule has 2 atom stereocenters. The van der Waals surface area contributed by atoms with Crippen LogP contribution in [0.4, 0.5) is 0 Å². The summed E-state index contributed by atoms with van der Waals surface area (Å²) in [5.41, 5.74) is 7.47. The van der Waals surface area contributed by atoms with E-state index in [1.54, 1.807) is 4.68 Å². The average Bonchev–Trinajstić information content (AvgIpc) is 2.83. The van der Waals surface area contributed by atoms with Crippen molar-refractivity contribution in [2.24, 2.45) is 18.7 Å². The number of rotatable bonds is 3. The van der Waals surface area contributed by atoms with Gasteiger partial charge in [-0.15, -0.1) is 0 Å². The van der Waals surface area contributed by atoms with Crippen molar-refractivity contribution in [3.63, 3.8) is 0 Å². The Hall–Kier alpha value is -1.88. The molecular formula is C16H22N4O. The van der Waals surface area contributed by atoms with Crippen molar-refractivity contribution in [3.05, 3.63) is 30.0 Å². The average molecular weight is 286 g/mol. The molecule has 1 fully saturated rings. The third-order valence-electron chi connectivity index (χ3n) is 4.35. The smallest absolute Gasteiger partial charge is 0.272 e. The fourth-order valence-electron chi connectivity index (χ4n) is 3.22. The van der Waals surface area contributed by atoms with E-state index >= 15 is 0 Å². The number of nitrogens with zero attached hydrogens (tertiary/aromatic N) is 2. The second-order valence-corrected chi connectivity index (χ2v) is 5.99. The van der Waals surface area contributed by atoms with E-state index in [4.69, 9.17) is 5.73 Å². The summed E-state index contributed by atoms with van der Waals surface area (Å²) < 4.78 is 1.75. The zero-order valence-corrected chi connectivity index (χ0v) is 12.4. The molecule has 1 heterocycles. The minimum absolute atomic E-state index is 0.0917. The number of benzene rings is 1. The first-order valence-electron chi connectivity index (χ1n) is 7.60. The van der Waals surface area contributed by atoms with Gasteiger partial charge < -0.3 is 11.1 Å². The van der Waals surface area contributed by atoms with Gasteiger partial charge in [0.25, 0.3) is 5.91 Å². The van der Waals surface area contributed by atoms with Crippen LogP contribution in [0, 0.1) is 5.92 Å². The Morgan fingerprint density at radius 1 is 1.43 bits per heavy atom. The van der Waals surface area contributed by atoms with Crippen molar-refractivity contribution in [1.82, 2.24) is 15.1 Å². The monoisotopic (exact) mass is 286 g/mol. The Morgan fingerprint density at radius 3 is 3.05 bits per heavy atom. The maximum atomic E-state index is 12.4. The highest BCUT2D eigenvalue weighted by Gasteiger charge is 2.21. The number of carbonyl (C=O) groups is 1. The van der Waals surface area contributed by atoms with Crippen LogP contribution in [0.1, 0.15) is 36.2 Å². The molecule has 0 saturated heterocycles. The standard InChI is InChI=1S/C16H22N4O/c1-20-14-8-3-2-7-13(14)15(19-20)16(21)18-10-11-5-4-6-12(17)9-11/h2-3,7-8,11-12H,4-6,9-10,17H2,1H3,(H,18,21). The van der Waals surface area contributed by atoms with E-state index in [1.165, 1.54) is 0 Å². The molecule has 5 nitrogen and oxygen atoms in total. The van der Waals surface area contributed by atoms with E-state index in [2.05, 4.69) is 10.4 Å². The highest BCUT2D eigenvalue weighted by molar-refractivity contribution is 6.04. The normalized spacial score (nSPS) is 22.4. The van der Waals surface area contributed by atoms with E-state index in [0.717, 1.165) is 36.6 Å². The number of hydrogen-bond acceptors (Lipinski definition) is 3. The molecule has 3 rings (SSSR count). The molecule has 1 saturated carbocycles. The number of para-hydroxylation sites is 1. The summed E-state index contributed by atoms with van der Waals surface area (Å²) in [5, 5.41) is 8.27. The summed E-state index contributed by atoms with van der Waals surface area (Å²) in [6, 6.07) is 8.08. The first kappa shape index (κ1) is 14.1. The van der Waals surface area contributed by atoms with Crippen molar-refractivity contribution in [1.29, 1.82) is 0 Å². The lowest BCUT2D eigenvalue weighted by atomic mass is 9.86. The van der Waals surface area contributed by atoms with Crippen LogP contribution in [-0.2, 0) is 7.05 Å². The molecule has 1 amide bonds. The van der Waals surface area contributed by atoms with Crippen molar-refractivity contribution < 1.29 is 4.79 Å². The summed E-state index contributed by atoms with van der Waals surface area (Å²) in [7, 11) is 1.86. The Balaban J connectivity index is 1.70. The first-order chi connectivity index (χ1) is 10.1. The van der Waals surface area contributed by atoms with E-state index in [1.807, 2.05) is 31.3 Å². The van der Waals surface area contributed by atoms with E-state index in [9.17, 15) is 4.79 Å². The van der Waals surface area contributed by atoms with Gasteiger partial charge in [0.05, 0.1) is 5.52 Å². The number of hydrogen-bond donors (Lipinski definition) is 2. The lowest BCUT2D eigenvalue weighted by molar-refractivity contribution is 0.0938. The van der Waals surface area contributed by atoms with E-state index in [0.29, 0.717) is 18.2 Å². The van der Waals surface area contributed by atoms with Crippen LogP contribution in [0.5, 0.6) is 0 Å². The summed E-state index contributed by atoms with van der Waals surface area (Å²) in [6.07, 6.45) is 4.42. The molecular weight excluding hydrogens is 264 g/mol. The highest BCUT2D eigenvalue weighted by Crippen LogP contribution is 2.23. The summed E-state index contributed by atoms with van der Waals surface area (Å²) in [5.74, 6) is 0.402. The topological polar surface area (TPSA) is 72.9 Å². The number of aryl methyl sites for hydroxylation is 1. The van der Waals surface area contributed by atoms with Gasteiger partial charge in [-0.05, 0) is 31.2 Å². The predicted molar refractivity (Wildman–Crippen MR) is 83.0 cm³/mol. The number of nitrogens with two attached hydrogens (primary N) is 1. The highest BCUT2D eigenvalue weighted by atomic mass is 16.1. The fourth-order valence-corrected chi connectivity index (χ4v) is 3.22. The molecule has 21 heavy (non-hydrogen) atoms. The number of fused-ring (bicyclic) bond motifs is 1. The molecule has 0 aliphatic heterocycles. The first-order valence-corrected chi connectivity index (χ1v) is 7.60. The Kier molecular flexibility index (Phi) is 3.92. The largest absolute Gasteiger partial charge is 0.350 e. The molecule has 1 aliphatic rings. The SMILES string of the molecule is Cn1nc(C(=O)NCC2CCCC(N)C2)c2ccccc21. The zero-order valence-electron chi connectivity index (χ0n) is 12.4. The molecule has 2 aromatic rings. The molecule has 0 bridgehead atoms. The summed E-state index contributed by atoms with van der Waals surface area (Å²) in [4.78, 5) is 12.4. The molecule has 3 N–H and O–H groups in total. The lowest BCUT2D eigenvalue weighted by Crippen LogP contribution is -2.35. The molecule has 1 aromatic carbocycles. The molecule has 5 heteroatoms. The van der Waals surface area contributed by atoms with Crippen LogP contribution < -0.4 is 11.1 Å². The maximum absolute atomic E-state index is 12.4. The summed E-state index contributed by atoms with van der Waals surface area (Å²) in [6.45, 7) is 0.692. The van der Waals surface area contributed by atoms with Crippen molar-refractivity contribution in [2.75, 3.05) is 6.54 Å². The van der Waals surface area contributed by atoms with Gasteiger partial charge in [0.1, 0.15) is 0 Å². The van der Waals surface area contributed by atoms with Gasteiger partial charge in [-0.1, -0.05) is 24.6 Å². The Morgan fingerprint density at radius 2 is 2.24 bits per heavy atom. The fraction of sp³-hybridized carbons (Fsp3) is 0.500. The van der Waals surface area contributed by atoms with Crippen molar-refractivity contribution in [3.8, 4) is 0 Å². The van der Waals surface area contributed by atoms with Crippen LogP contribution >= 0.6 is 0 Å². The van der Waals surface area contributed by atoms with Crippen LogP contribution in [0.15, 0.2) is 24.3 Å². The van der Waals surface area contributed by atoms with Crippen LogP contribution in [0.2, 0.25) is 0 Å². The van der Waals surface area contributed by atoms with Gasteiger partial charge in [0, 0.05) is 25.0 Å². The predicted octanol–water partition coefficient (Wildman–Crippen LogP) is 1.82. The van der Waals surface area contributed by atoms with Crippen molar-refractivity contribution in [2.45, 2.75) is 31.7 Å². The van der Waals surface area contributed by atoms with E-state index in [-0.39, 0.29) is 11.9 Å². The second-order valence-electron chi connectivity index (χ2n) is 5.99. The molecule has 1 aromatic heterocycles. The summed E-state index contributed by atoms with van der Waals surface area (Å²) >= 11 is 0. The molecule has 0 spiro atoms. The number of carbonyl (C=O) groups excluding carboxylic acids is 1. The molecule has 0 radical (unpaired) electrons. The minimum Gasteiger partial charge on any atom is -0.350 e. The maximum Gasteiger partial charge on any atom is 0.272 e. The third-order valence-corrected chi connectivity index (χ3v) is 4.35. The Bertz CT molecular complexity index is 649. The van der Waals surface area contributed by atoms with Gasteiger partial charge in [0.2, 0.25) is 0 Å². The van der Waals surface area contributed by atoms with Gasteiger partial charge >= 0.3 is 0 Å². The van der Waals surface area contributed by atoms with Crippen LogP contribution in [0.3, 0.4) is 0 Å². The second kappa shape index (κ2) is 5.85. The Labute approximate surface area is 124 Å².